The molecule has 3 N–H and O–H groups in total. The van der Waals surface area contributed by atoms with Crippen LogP contribution in [0, 0.1) is 0 Å². The summed E-state index contributed by atoms with van der Waals surface area (Å²) in [5.74, 6) is -0.638. The molecule has 1 heterocycles. The number of hydrogen-bond acceptors (Lipinski definition) is 5. The Morgan fingerprint density at radius 2 is 1.92 bits per heavy atom. The van der Waals surface area contributed by atoms with Crippen molar-refractivity contribution in [3.63, 3.8) is 0 Å². The van der Waals surface area contributed by atoms with Crippen LogP contribution in [0.1, 0.15) is 38.4 Å². The average Bonchev–Trinajstić information content (AvgIpc) is 3.03. The van der Waals surface area contributed by atoms with Gasteiger partial charge in [-0.1, -0.05) is 0 Å². The van der Waals surface area contributed by atoms with E-state index in [-0.39, 0.29) is 11.8 Å². The fraction of sp³-hybridized carbons (Fsp3) is 0.353. The summed E-state index contributed by atoms with van der Waals surface area (Å²) in [6.07, 6.45) is 1.55. The molecular weight excluding hydrogens is 324 g/mol. The first-order valence-corrected chi connectivity index (χ1v) is 7.85. The van der Waals surface area contributed by atoms with Gasteiger partial charge >= 0.3 is 11.8 Å². The Balaban J connectivity index is 2.06. The predicted molar refractivity (Wildman–Crippen MR) is 92.5 cm³/mol. The summed E-state index contributed by atoms with van der Waals surface area (Å²) in [5, 5.41) is 19.1. The average molecular weight is 346 g/mol. The molecule has 1 atom stereocenters. The third kappa shape index (κ3) is 4.28. The van der Waals surface area contributed by atoms with Gasteiger partial charge in [0.05, 0.1) is 19.3 Å². The molecule has 0 saturated carbocycles. The maximum absolute atomic E-state index is 12.1. The largest absolute Gasteiger partial charge is 0.508 e. The maximum atomic E-state index is 12.1. The number of ether oxygens (including phenoxy) is 1. The Morgan fingerprint density at radius 3 is 2.56 bits per heavy atom. The molecule has 2 amide bonds. The number of benzene rings is 1. The summed E-state index contributed by atoms with van der Waals surface area (Å²) in [4.78, 5) is 24.2. The Hall–Kier alpha value is -3.03. The Bertz CT molecular complexity index is 770. The van der Waals surface area contributed by atoms with E-state index >= 15 is 0 Å². The first-order valence-electron chi connectivity index (χ1n) is 7.85. The number of phenols is 1. The van der Waals surface area contributed by atoms with Gasteiger partial charge in [-0.25, -0.2) is 4.68 Å². The van der Waals surface area contributed by atoms with Gasteiger partial charge in [0.2, 0.25) is 0 Å². The van der Waals surface area contributed by atoms with Crippen molar-refractivity contribution >= 4 is 17.6 Å². The Labute approximate surface area is 145 Å². The second-order valence-corrected chi connectivity index (χ2v) is 5.83. The zero-order valence-electron chi connectivity index (χ0n) is 14.6. The molecule has 0 fully saturated rings. The molecule has 0 spiro atoms. The van der Waals surface area contributed by atoms with E-state index in [0.717, 1.165) is 0 Å². The summed E-state index contributed by atoms with van der Waals surface area (Å²) < 4.78 is 6.71. The van der Waals surface area contributed by atoms with Gasteiger partial charge < -0.3 is 20.5 Å². The fourth-order valence-electron chi connectivity index (χ4n) is 2.34. The highest BCUT2D eigenvalue weighted by atomic mass is 16.5. The van der Waals surface area contributed by atoms with E-state index in [1.807, 2.05) is 13.8 Å². The number of rotatable bonds is 5. The lowest BCUT2D eigenvalue weighted by Crippen LogP contribution is -2.37. The fourth-order valence-corrected chi connectivity index (χ4v) is 2.34. The van der Waals surface area contributed by atoms with Gasteiger partial charge in [0.25, 0.3) is 0 Å². The zero-order valence-corrected chi connectivity index (χ0v) is 14.6. The molecule has 0 aliphatic heterocycles. The van der Waals surface area contributed by atoms with Crippen molar-refractivity contribution in [2.24, 2.45) is 0 Å². The zero-order chi connectivity index (χ0) is 18.6. The van der Waals surface area contributed by atoms with Crippen LogP contribution in [-0.4, -0.2) is 33.8 Å². The van der Waals surface area contributed by atoms with Crippen LogP contribution in [0.4, 0.5) is 5.82 Å². The number of phenolic OH excluding ortho intramolecular Hbond substituents is 1. The third-order valence-corrected chi connectivity index (χ3v) is 3.66. The first-order chi connectivity index (χ1) is 11.8. The molecule has 25 heavy (non-hydrogen) atoms. The molecule has 0 bridgehead atoms. The molecule has 8 heteroatoms. The highest BCUT2D eigenvalue weighted by Gasteiger charge is 2.21. The SMILES string of the molecule is COc1ccc(O)c([C@@H](C)NC(=O)C(=O)Nc2ccnn2C(C)C)c1. The van der Waals surface area contributed by atoms with Crippen molar-refractivity contribution in [3.05, 3.63) is 36.0 Å². The minimum absolute atomic E-state index is 0.00638. The van der Waals surface area contributed by atoms with E-state index in [9.17, 15) is 14.7 Å². The number of aromatic nitrogens is 2. The van der Waals surface area contributed by atoms with E-state index in [2.05, 4.69) is 15.7 Å². The Kier molecular flexibility index (Phi) is 5.63. The molecule has 0 saturated heterocycles. The van der Waals surface area contributed by atoms with Crippen LogP contribution in [0.2, 0.25) is 0 Å². The number of nitrogens with zero attached hydrogens (tertiary/aromatic N) is 2. The normalized spacial score (nSPS) is 11.9. The van der Waals surface area contributed by atoms with E-state index in [0.29, 0.717) is 17.1 Å². The van der Waals surface area contributed by atoms with Crippen molar-refractivity contribution in [1.29, 1.82) is 0 Å². The second-order valence-electron chi connectivity index (χ2n) is 5.83. The van der Waals surface area contributed by atoms with Crippen LogP contribution in [0.25, 0.3) is 0 Å². The summed E-state index contributed by atoms with van der Waals surface area (Å²) in [6, 6.07) is 5.75. The Morgan fingerprint density at radius 1 is 1.20 bits per heavy atom. The summed E-state index contributed by atoms with van der Waals surface area (Å²) >= 11 is 0. The van der Waals surface area contributed by atoms with Gasteiger partial charge in [-0.05, 0) is 39.0 Å². The lowest BCUT2D eigenvalue weighted by molar-refractivity contribution is -0.136. The van der Waals surface area contributed by atoms with Crippen LogP contribution in [0.15, 0.2) is 30.5 Å². The standard InChI is InChI=1S/C17H22N4O4/c1-10(2)21-15(7-8-18-21)20-17(24)16(23)19-11(3)13-9-12(25-4)5-6-14(13)22/h5-11,22H,1-4H3,(H,19,23)(H,20,24)/t11-/m1/s1. The molecule has 134 valence electrons. The number of amides is 2. The lowest BCUT2D eigenvalue weighted by atomic mass is 10.1. The molecule has 0 aliphatic rings. The molecule has 8 nitrogen and oxygen atoms in total. The second kappa shape index (κ2) is 7.69. The van der Waals surface area contributed by atoms with Crippen LogP contribution in [0.5, 0.6) is 11.5 Å². The number of carbonyl (C=O) groups is 2. The number of hydrogen-bond donors (Lipinski definition) is 3. The number of nitrogens with one attached hydrogen (secondary N) is 2. The van der Waals surface area contributed by atoms with Gasteiger partial charge in [0.15, 0.2) is 0 Å². The summed E-state index contributed by atoms with van der Waals surface area (Å²) in [6.45, 7) is 5.49. The van der Waals surface area contributed by atoms with Gasteiger partial charge in [-0.15, -0.1) is 0 Å². The molecule has 2 aromatic rings. The summed E-state index contributed by atoms with van der Waals surface area (Å²) in [7, 11) is 1.50. The van der Waals surface area contributed by atoms with Crippen LogP contribution < -0.4 is 15.4 Å². The van der Waals surface area contributed by atoms with E-state index in [4.69, 9.17) is 4.74 Å². The van der Waals surface area contributed by atoms with Crippen LogP contribution >= 0.6 is 0 Å². The van der Waals surface area contributed by atoms with Crippen molar-refractivity contribution < 1.29 is 19.4 Å². The molecule has 1 aromatic carbocycles. The molecule has 0 unspecified atom stereocenters. The number of carbonyl (C=O) groups excluding carboxylic acids is 2. The third-order valence-electron chi connectivity index (χ3n) is 3.66. The quantitative estimate of drug-likeness (QED) is 0.718. The highest BCUT2D eigenvalue weighted by molar-refractivity contribution is 6.39. The van der Waals surface area contributed by atoms with E-state index in [1.165, 1.54) is 13.2 Å². The van der Waals surface area contributed by atoms with Crippen molar-refractivity contribution in [1.82, 2.24) is 15.1 Å². The first kappa shape index (κ1) is 18.3. The number of aromatic hydroxyl groups is 1. The highest BCUT2D eigenvalue weighted by Crippen LogP contribution is 2.28. The predicted octanol–water partition coefficient (Wildman–Crippen LogP) is 1.99. The molecule has 2 rings (SSSR count). The van der Waals surface area contributed by atoms with Crippen molar-refractivity contribution in [2.45, 2.75) is 32.9 Å². The molecule has 0 radical (unpaired) electrons. The minimum atomic E-state index is -0.814. The van der Waals surface area contributed by atoms with Crippen LogP contribution in [0.3, 0.4) is 0 Å². The number of methoxy groups -OCH3 is 1. The summed E-state index contributed by atoms with van der Waals surface area (Å²) in [5.41, 5.74) is 0.452. The van der Waals surface area contributed by atoms with E-state index < -0.39 is 17.9 Å². The topological polar surface area (TPSA) is 105 Å². The van der Waals surface area contributed by atoms with Gasteiger partial charge in [-0.3, -0.25) is 9.59 Å². The smallest absolute Gasteiger partial charge is 0.314 e. The van der Waals surface area contributed by atoms with Crippen molar-refractivity contribution in [3.8, 4) is 11.5 Å². The maximum Gasteiger partial charge on any atom is 0.314 e. The molecule has 0 aliphatic carbocycles. The lowest BCUT2D eigenvalue weighted by Gasteiger charge is -2.17. The monoisotopic (exact) mass is 346 g/mol. The van der Waals surface area contributed by atoms with Crippen LogP contribution in [-0.2, 0) is 9.59 Å². The molecule has 1 aromatic heterocycles. The number of anilines is 1. The van der Waals surface area contributed by atoms with Gasteiger partial charge in [0, 0.05) is 17.7 Å². The van der Waals surface area contributed by atoms with Crippen molar-refractivity contribution in [2.75, 3.05) is 12.4 Å². The van der Waals surface area contributed by atoms with Gasteiger partial charge in [-0.2, -0.15) is 5.10 Å². The molecular formula is C17H22N4O4. The van der Waals surface area contributed by atoms with E-state index in [1.54, 1.807) is 36.0 Å². The van der Waals surface area contributed by atoms with Gasteiger partial charge in [0.1, 0.15) is 17.3 Å². The minimum Gasteiger partial charge on any atom is -0.508 e.